The van der Waals surface area contributed by atoms with Gasteiger partial charge in [0.1, 0.15) is 5.65 Å². The van der Waals surface area contributed by atoms with E-state index in [1.165, 1.54) is 6.42 Å². The normalized spacial score (nSPS) is 17.6. The standard InChI is InChI=1S/C21H22ClN3O/c1-15-6-2-4-12-24(15)20(26)14-18-21(16-8-10-17(22)11-9-16)23-19-7-3-5-13-25(18)19/h3,5,7-11,13,15H,2,4,6,12,14H2,1H3. The molecule has 1 atom stereocenters. The predicted octanol–water partition coefficient (Wildman–Crippen LogP) is 4.60. The maximum Gasteiger partial charge on any atom is 0.228 e. The number of aromatic nitrogens is 2. The van der Waals surface area contributed by atoms with Gasteiger partial charge < -0.3 is 9.30 Å². The summed E-state index contributed by atoms with van der Waals surface area (Å²) < 4.78 is 2.02. The fraction of sp³-hybridized carbons (Fsp3) is 0.333. The van der Waals surface area contributed by atoms with Crippen LogP contribution in [0.15, 0.2) is 48.7 Å². The van der Waals surface area contributed by atoms with E-state index in [1.54, 1.807) is 0 Å². The highest BCUT2D eigenvalue weighted by Crippen LogP contribution is 2.27. The Kier molecular flexibility index (Phi) is 4.68. The van der Waals surface area contributed by atoms with Crippen LogP contribution in [-0.2, 0) is 11.2 Å². The van der Waals surface area contributed by atoms with Gasteiger partial charge in [0.2, 0.25) is 5.91 Å². The largest absolute Gasteiger partial charge is 0.340 e. The third-order valence-corrected chi connectivity index (χ3v) is 5.44. The molecule has 134 valence electrons. The highest BCUT2D eigenvalue weighted by Gasteiger charge is 2.25. The van der Waals surface area contributed by atoms with E-state index in [4.69, 9.17) is 16.6 Å². The van der Waals surface area contributed by atoms with Crippen LogP contribution in [0.25, 0.3) is 16.9 Å². The molecule has 1 unspecified atom stereocenters. The van der Waals surface area contributed by atoms with Crippen LogP contribution in [0, 0.1) is 0 Å². The molecular weight excluding hydrogens is 346 g/mol. The number of carbonyl (C=O) groups is 1. The smallest absolute Gasteiger partial charge is 0.228 e. The van der Waals surface area contributed by atoms with Gasteiger partial charge in [-0.1, -0.05) is 29.8 Å². The van der Waals surface area contributed by atoms with Crippen molar-refractivity contribution in [3.8, 4) is 11.3 Å². The summed E-state index contributed by atoms with van der Waals surface area (Å²) in [5.41, 5.74) is 3.62. The van der Waals surface area contributed by atoms with Crippen LogP contribution < -0.4 is 0 Å². The number of nitrogens with zero attached hydrogens (tertiary/aromatic N) is 3. The van der Waals surface area contributed by atoms with Gasteiger partial charge in [-0.25, -0.2) is 4.98 Å². The van der Waals surface area contributed by atoms with Crippen LogP contribution in [0.2, 0.25) is 5.02 Å². The molecule has 1 aliphatic heterocycles. The van der Waals surface area contributed by atoms with E-state index in [9.17, 15) is 4.79 Å². The zero-order valence-electron chi connectivity index (χ0n) is 14.9. The van der Waals surface area contributed by atoms with Gasteiger partial charge in [-0.2, -0.15) is 0 Å². The predicted molar refractivity (Wildman–Crippen MR) is 104 cm³/mol. The SMILES string of the molecule is CC1CCCCN1C(=O)Cc1c(-c2ccc(Cl)cc2)nc2ccccn12. The van der Waals surface area contributed by atoms with Gasteiger partial charge >= 0.3 is 0 Å². The van der Waals surface area contributed by atoms with Crippen molar-refractivity contribution in [1.29, 1.82) is 0 Å². The average Bonchev–Trinajstić information content (AvgIpc) is 3.01. The van der Waals surface area contributed by atoms with E-state index in [0.29, 0.717) is 17.5 Å². The van der Waals surface area contributed by atoms with Gasteiger partial charge in [0.15, 0.2) is 0 Å². The molecule has 3 aromatic rings. The molecule has 0 bridgehead atoms. The van der Waals surface area contributed by atoms with Crippen LogP contribution in [0.3, 0.4) is 0 Å². The molecule has 0 spiro atoms. The molecule has 0 radical (unpaired) electrons. The molecule has 3 heterocycles. The summed E-state index contributed by atoms with van der Waals surface area (Å²) in [5, 5.41) is 0.692. The van der Waals surface area contributed by atoms with Crippen molar-refractivity contribution in [1.82, 2.24) is 14.3 Å². The Morgan fingerprint density at radius 1 is 1.19 bits per heavy atom. The van der Waals surface area contributed by atoms with E-state index in [-0.39, 0.29) is 5.91 Å². The number of fused-ring (bicyclic) bond motifs is 1. The second kappa shape index (κ2) is 7.12. The molecule has 26 heavy (non-hydrogen) atoms. The number of likely N-dealkylation sites (tertiary alicyclic amines) is 1. The van der Waals surface area contributed by atoms with Crippen molar-refractivity contribution in [2.24, 2.45) is 0 Å². The van der Waals surface area contributed by atoms with Crippen LogP contribution in [0.5, 0.6) is 0 Å². The number of hydrogen-bond acceptors (Lipinski definition) is 2. The van der Waals surface area contributed by atoms with Crippen LogP contribution >= 0.6 is 11.6 Å². The minimum atomic E-state index is 0.179. The summed E-state index contributed by atoms with van der Waals surface area (Å²) in [6.07, 6.45) is 5.71. The molecule has 1 fully saturated rings. The third kappa shape index (κ3) is 3.21. The summed E-state index contributed by atoms with van der Waals surface area (Å²) in [6, 6.07) is 13.9. The maximum atomic E-state index is 13.0. The van der Waals surface area contributed by atoms with Crippen molar-refractivity contribution in [2.75, 3.05) is 6.54 Å². The Morgan fingerprint density at radius 2 is 2.00 bits per heavy atom. The second-order valence-electron chi connectivity index (χ2n) is 6.95. The third-order valence-electron chi connectivity index (χ3n) is 5.19. The number of hydrogen-bond donors (Lipinski definition) is 0. The second-order valence-corrected chi connectivity index (χ2v) is 7.39. The van der Waals surface area contributed by atoms with E-state index in [0.717, 1.165) is 42.0 Å². The number of rotatable bonds is 3. The number of pyridine rings is 1. The number of benzene rings is 1. The molecule has 5 heteroatoms. The molecule has 0 aliphatic carbocycles. The first-order chi connectivity index (χ1) is 12.6. The molecule has 1 aromatic carbocycles. The van der Waals surface area contributed by atoms with E-state index in [2.05, 4.69) is 6.92 Å². The molecule has 1 saturated heterocycles. The van der Waals surface area contributed by atoms with Crippen molar-refractivity contribution < 1.29 is 4.79 Å². The topological polar surface area (TPSA) is 37.6 Å². The highest BCUT2D eigenvalue weighted by atomic mass is 35.5. The van der Waals surface area contributed by atoms with Crippen molar-refractivity contribution in [3.63, 3.8) is 0 Å². The Balaban J connectivity index is 1.74. The number of halogens is 1. The van der Waals surface area contributed by atoms with Crippen molar-refractivity contribution in [3.05, 3.63) is 59.4 Å². The first-order valence-electron chi connectivity index (χ1n) is 9.15. The van der Waals surface area contributed by atoms with Gasteiger partial charge in [0.05, 0.1) is 17.8 Å². The van der Waals surface area contributed by atoms with Gasteiger partial charge in [-0.05, 0) is 50.5 Å². The molecule has 1 aliphatic rings. The first kappa shape index (κ1) is 17.1. The van der Waals surface area contributed by atoms with E-state index < -0.39 is 0 Å². The summed E-state index contributed by atoms with van der Waals surface area (Å²) in [4.78, 5) is 19.8. The molecule has 0 saturated carbocycles. The lowest BCUT2D eigenvalue weighted by atomic mass is 10.0. The van der Waals surface area contributed by atoms with E-state index in [1.807, 2.05) is 58.0 Å². The zero-order valence-corrected chi connectivity index (χ0v) is 15.6. The van der Waals surface area contributed by atoms with Crippen LogP contribution in [0.4, 0.5) is 0 Å². The van der Waals surface area contributed by atoms with Gasteiger partial charge in [0, 0.05) is 29.4 Å². The van der Waals surface area contributed by atoms with Gasteiger partial charge in [0.25, 0.3) is 0 Å². The van der Waals surface area contributed by atoms with Gasteiger partial charge in [-0.3, -0.25) is 4.79 Å². The van der Waals surface area contributed by atoms with Gasteiger partial charge in [-0.15, -0.1) is 0 Å². The quantitative estimate of drug-likeness (QED) is 0.678. The highest BCUT2D eigenvalue weighted by molar-refractivity contribution is 6.30. The Morgan fingerprint density at radius 3 is 2.77 bits per heavy atom. The first-order valence-corrected chi connectivity index (χ1v) is 9.52. The number of imidazole rings is 1. The number of amides is 1. The monoisotopic (exact) mass is 367 g/mol. The molecule has 2 aromatic heterocycles. The van der Waals surface area contributed by atoms with E-state index >= 15 is 0 Å². The average molecular weight is 368 g/mol. The summed E-state index contributed by atoms with van der Waals surface area (Å²) in [6.45, 7) is 3.00. The van der Waals surface area contributed by atoms with Crippen LogP contribution in [-0.4, -0.2) is 32.8 Å². The lowest BCUT2D eigenvalue weighted by Gasteiger charge is -2.33. The fourth-order valence-electron chi connectivity index (χ4n) is 3.77. The molecule has 1 amide bonds. The molecule has 4 rings (SSSR count). The summed E-state index contributed by atoms with van der Waals surface area (Å²) >= 11 is 6.03. The minimum Gasteiger partial charge on any atom is -0.340 e. The van der Waals surface area contributed by atoms with Crippen LogP contribution in [0.1, 0.15) is 31.9 Å². The summed E-state index contributed by atoms with van der Waals surface area (Å²) in [5.74, 6) is 0.179. The number of carbonyl (C=O) groups excluding carboxylic acids is 1. The van der Waals surface area contributed by atoms with Crippen molar-refractivity contribution >= 4 is 23.2 Å². The Labute approximate surface area is 158 Å². The molecule has 0 N–H and O–H groups in total. The maximum absolute atomic E-state index is 13.0. The molecular formula is C21H22ClN3O. The number of piperidine rings is 1. The Hall–Kier alpha value is -2.33. The molecule has 4 nitrogen and oxygen atoms in total. The fourth-order valence-corrected chi connectivity index (χ4v) is 3.89. The zero-order chi connectivity index (χ0) is 18.1. The minimum absolute atomic E-state index is 0.179. The van der Waals surface area contributed by atoms with Crippen molar-refractivity contribution in [2.45, 2.75) is 38.6 Å². The lowest BCUT2D eigenvalue weighted by Crippen LogP contribution is -2.43. The lowest BCUT2D eigenvalue weighted by molar-refractivity contribution is -0.133. The Bertz CT molecular complexity index is 932. The summed E-state index contributed by atoms with van der Waals surface area (Å²) in [7, 11) is 0.